The molecule has 0 spiro atoms. The summed E-state index contributed by atoms with van der Waals surface area (Å²) < 4.78 is 31.6. The molecule has 1 fully saturated rings. The first-order valence-electron chi connectivity index (χ1n) is 6.59. The molecule has 1 atom stereocenters. The van der Waals surface area contributed by atoms with Crippen molar-refractivity contribution in [3.63, 3.8) is 0 Å². The van der Waals surface area contributed by atoms with E-state index in [1.165, 1.54) is 0 Å². The van der Waals surface area contributed by atoms with Crippen LogP contribution in [0.15, 0.2) is 12.2 Å². The van der Waals surface area contributed by atoms with Gasteiger partial charge in [-0.25, -0.2) is 4.79 Å². The predicted molar refractivity (Wildman–Crippen MR) is 75.9 cm³/mol. The van der Waals surface area contributed by atoms with Crippen molar-refractivity contribution >= 4 is 16.2 Å². The van der Waals surface area contributed by atoms with E-state index < -0.39 is 15.7 Å². The lowest BCUT2D eigenvalue weighted by Gasteiger charge is -2.27. The van der Waals surface area contributed by atoms with Gasteiger partial charge in [-0.15, -0.1) is 0 Å². The van der Waals surface area contributed by atoms with Gasteiger partial charge in [0.05, 0.1) is 18.9 Å². The molecule has 116 valence electrons. The summed E-state index contributed by atoms with van der Waals surface area (Å²) in [4.78, 5) is 13.7. The van der Waals surface area contributed by atoms with E-state index in [-0.39, 0.29) is 18.7 Å². The third-order valence-corrected chi connectivity index (χ3v) is 3.23. The third-order valence-electron chi connectivity index (χ3n) is 2.66. The molecule has 0 radical (unpaired) electrons. The lowest BCUT2D eigenvalue weighted by molar-refractivity contribution is 0.0255. The highest BCUT2D eigenvalue weighted by atomic mass is 32.2. The fourth-order valence-electron chi connectivity index (χ4n) is 1.92. The minimum Gasteiger partial charge on any atom is -0.444 e. The van der Waals surface area contributed by atoms with Crippen LogP contribution in [0, 0.1) is 0 Å². The SMILES string of the molecule is CC(C)(C)OC(=O)N1CCC[C@H]1C=CCOS(C)(=O)=O. The number of likely N-dealkylation sites (tertiary alicyclic amines) is 1. The van der Waals surface area contributed by atoms with Crippen LogP contribution in [-0.2, 0) is 19.0 Å². The van der Waals surface area contributed by atoms with E-state index in [2.05, 4.69) is 4.18 Å². The first kappa shape index (κ1) is 17.0. The highest BCUT2D eigenvalue weighted by Crippen LogP contribution is 2.21. The molecule has 7 heteroatoms. The predicted octanol–water partition coefficient (Wildman–Crippen LogP) is 1.92. The zero-order chi connectivity index (χ0) is 15.4. The fourth-order valence-corrected chi connectivity index (χ4v) is 2.24. The number of carbonyl (C=O) groups is 1. The molecule has 0 saturated carbocycles. The Labute approximate surface area is 120 Å². The monoisotopic (exact) mass is 305 g/mol. The molecule has 0 aromatic carbocycles. The van der Waals surface area contributed by atoms with Gasteiger partial charge in [-0.1, -0.05) is 12.2 Å². The van der Waals surface area contributed by atoms with E-state index in [0.717, 1.165) is 19.1 Å². The van der Waals surface area contributed by atoms with E-state index in [0.29, 0.717) is 6.54 Å². The van der Waals surface area contributed by atoms with E-state index >= 15 is 0 Å². The fraction of sp³-hybridized carbons (Fsp3) is 0.769. The molecule has 1 aliphatic rings. The Morgan fingerprint density at radius 3 is 2.60 bits per heavy atom. The average Bonchev–Trinajstić information content (AvgIpc) is 2.68. The largest absolute Gasteiger partial charge is 0.444 e. The summed E-state index contributed by atoms with van der Waals surface area (Å²) in [6, 6.07) is -0.0620. The van der Waals surface area contributed by atoms with Crippen LogP contribution in [0.4, 0.5) is 4.79 Å². The van der Waals surface area contributed by atoms with E-state index in [4.69, 9.17) is 4.74 Å². The van der Waals surface area contributed by atoms with Crippen molar-refractivity contribution in [3.8, 4) is 0 Å². The van der Waals surface area contributed by atoms with Crippen molar-refractivity contribution in [2.75, 3.05) is 19.4 Å². The summed E-state index contributed by atoms with van der Waals surface area (Å²) in [7, 11) is -3.43. The van der Waals surface area contributed by atoms with Crippen molar-refractivity contribution in [1.82, 2.24) is 4.90 Å². The van der Waals surface area contributed by atoms with Crippen LogP contribution in [0.5, 0.6) is 0 Å². The molecule has 1 saturated heterocycles. The molecule has 0 aromatic rings. The Hall–Kier alpha value is -1.08. The molecule has 6 nitrogen and oxygen atoms in total. The van der Waals surface area contributed by atoms with Crippen LogP contribution in [0.2, 0.25) is 0 Å². The number of nitrogens with zero attached hydrogens (tertiary/aromatic N) is 1. The number of carbonyl (C=O) groups excluding carboxylic acids is 1. The maximum Gasteiger partial charge on any atom is 0.410 e. The minimum atomic E-state index is -3.43. The van der Waals surface area contributed by atoms with E-state index in [9.17, 15) is 13.2 Å². The topological polar surface area (TPSA) is 72.9 Å². The zero-order valence-electron chi connectivity index (χ0n) is 12.5. The van der Waals surface area contributed by atoms with Gasteiger partial charge in [-0.2, -0.15) is 8.42 Å². The maximum atomic E-state index is 12.0. The highest BCUT2D eigenvalue weighted by Gasteiger charge is 2.30. The Morgan fingerprint density at radius 2 is 2.05 bits per heavy atom. The third kappa shape index (κ3) is 6.38. The second kappa shape index (κ2) is 6.58. The Morgan fingerprint density at radius 1 is 1.40 bits per heavy atom. The second-order valence-corrected chi connectivity index (χ2v) is 7.44. The van der Waals surface area contributed by atoms with Crippen LogP contribution in [0.3, 0.4) is 0 Å². The van der Waals surface area contributed by atoms with Gasteiger partial charge in [0.15, 0.2) is 0 Å². The summed E-state index contributed by atoms with van der Waals surface area (Å²) in [6.07, 6.45) is 5.82. The summed E-state index contributed by atoms with van der Waals surface area (Å²) in [5, 5.41) is 0. The number of hydrogen-bond donors (Lipinski definition) is 0. The number of hydrogen-bond acceptors (Lipinski definition) is 5. The quantitative estimate of drug-likeness (QED) is 0.586. The highest BCUT2D eigenvalue weighted by molar-refractivity contribution is 7.85. The van der Waals surface area contributed by atoms with E-state index in [1.807, 2.05) is 20.8 Å². The van der Waals surface area contributed by atoms with Gasteiger partial charge >= 0.3 is 6.09 Å². The molecular formula is C13H23NO5S. The van der Waals surface area contributed by atoms with Gasteiger partial charge in [0.25, 0.3) is 10.1 Å². The number of ether oxygens (including phenoxy) is 1. The molecule has 0 aliphatic carbocycles. The lowest BCUT2D eigenvalue weighted by atomic mass is 10.2. The molecular weight excluding hydrogens is 282 g/mol. The molecule has 20 heavy (non-hydrogen) atoms. The minimum absolute atomic E-state index is 0.0164. The molecule has 0 bridgehead atoms. The van der Waals surface area contributed by atoms with Crippen LogP contribution in [0.1, 0.15) is 33.6 Å². The Balaban J connectivity index is 2.53. The van der Waals surface area contributed by atoms with Gasteiger partial charge < -0.3 is 9.64 Å². The second-order valence-electron chi connectivity index (χ2n) is 5.80. The molecule has 1 amide bonds. The number of rotatable bonds is 4. The van der Waals surface area contributed by atoms with Gasteiger partial charge in [0.1, 0.15) is 5.60 Å². The Kier molecular flexibility index (Phi) is 5.59. The van der Waals surface area contributed by atoms with Crippen LogP contribution < -0.4 is 0 Å². The molecule has 1 rings (SSSR count). The average molecular weight is 305 g/mol. The van der Waals surface area contributed by atoms with Crippen molar-refractivity contribution in [3.05, 3.63) is 12.2 Å². The zero-order valence-corrected chi connectivity index (χ0v) is 13.3. The molecule has 0 unspecified atom stereocenters. The first-order chi connectivity index (χ1) is 9.08. The van der Waals surface area contributed by atoms with Gasteiger partial charge in [-0.05, 0) is 33.6 Å². The summed E-state index contributed by atoms with van der Waals surface area (Å²) in [5.74, 6) is 0. The Bertz CT molecular complexity index is 464. The van der Waals surface area contributed by atoms with Gasteiger partial charge in [-0.3, -0.25) is 4.18 Å². The van der Waals surface area contributed by atoms with Crippen LogP contribution in [0.25, 0.3) is 0 Å². The van der Waals surface area contributed by atoms with E-state index in [1.54, 1.807) is 17.1 Å². The van der Waals surface area contributed by atoms with Crippen molar-refractivity contribution in [1.29, 1.82) is 0 Å². The summed E-state index contributed by atoms with van der Waals surface area (Å²) in [6.45, 7) is 6.11. The van der Waals surface area contributed by atoms with Gasteiger partial charge in [0, 0.05) is 6.54 Å². The van der Waals surface area contributed by atoms with Crippen molar-refractivity contribution < 1.29 is 22.1 Å². The molecule has 1 heterocycles. The van der Waals surface area contributed by atoms with Crippen LogP contribution >= 0.6 is 0 Å². The lowest BCUT2D eigenvalue weighted by Crippen LogP contribution is -2.39. The smallest absolute Gasteiger partial charge is 0.410 e. The molecule has 0 N–H and O–H groups in total. The maximum absolute atomic E-state index is 12.0. The van der Waals surface area contributed by atoms with Crippen molar-refractivity contribution in [2.45, 2.75) is 45.3 Å². The summed E-state index contributed by atoms with van der Waals surface area (Å²) in [5.41, 5.74) is -0.520. The van der Waals surface area contributed by atoms with Crippen LogP contribution in [-0.4, -0.2) is 50.5 Å². The normalized spacial score (nSPS) is 20.6. The molecule has 0 aromatic heterocycles. The standard InChI is InChI=1S/C13H23NO5S/c1-13(2,3)19-12(15)14-9-5-7-11(14)8-6-10-18-20(4,16)17/h6,8,11H,5,7,9-10H2,1-4H3/t11-/m0/s1. The first-order valence-corrected chi connectivity index (χ1v) is 8.41. The van der Waals surface area contributed by atoms with Crippen molar-refractivity contribution in [2.24, 2.45) is 0 Å². The van der Waals surface area contributed by atoms with Gasteiger partial charge in [0.2, 0.25) is 0 Å². The number of amides is 1. The molecule has 1 aliphatic heterocycles. The summed E-state index contributed by atoms with van der Waals surface area (Å²) >= 11 is 0.